The quantitative estimate of drug-likeness (QED) is 0.813. The molecule has 2 aliphatic rings. The molecule has 114 valence electrons. The van der Waals surface area contributed by atoms with Gasteiger partial charge in [-0.3, -0.25) is 9.59 Å². The third kappa shape index (κ3) is 3.51. The van der Waals surface area contributed by atoms with Crippen LogP contribution < -0.4 is 5.32 Å². The summed E-state index contributed by atoms with van der Waals surface area (Å²) in [5.74, 6) is 0.128. The number of piperidine rings is 1. The van der Waals surface area contributed by atoms with E-state index in [1.54, 1.807) is 11.8 Å². The molecule has 2 fully saturated rings. The Morgan fingerprint density at radius 2 is 1.80 bits per heavy atom. The van der Waals surface area contributed by atoms with Gasteiger partial charge in [0.1, 0.15) is 0 Å². The van der Waals surface area contributed by atoms with Gasteiger partial charge in [0.25, 0.3) is 0 Å². The highest BCUT2D eigenvalue weighted by molar-refractivity contribution is 5.80. The number of amides is 2. The number of nitrogens with zero attached hydrogens (tertiary/aromatic N) is 1. The summed E-state index contributed by atoms with van der Waals surface area (Å²) in [6, 6.07) is 0. The second-order valence-electron chi connectivity index (χ2n) is 6.27. The first-order chi connectivity index (χ1) is 9.56. The highest BCUT2D eigenvalue weighted by Crippen LogP contribution is 2.29. The summed E-state index contributed by atoms with van der Waals surface area (Å²) in [7, 11) is 0. The first kappa shape index (κ1) is 15.3. The normalized spacial score (nSPS) is 23.4. The van der Waals surface area contributed by atoms with Crippen LogP contribution in [-0.4, -0.2) is 47.1 Å². The van der Waals surface area contributed by atoms with E-state index in [1.807, 2.05) is 0 Å². The first-order valence-electron chi connectivity index (χ1n) is 7.75. The van der Waals surface area contributed by atoms with E-state index >= 15 is 0 Å². The van der Waals surface area contributed by atoms with E-state index in [0.29, 0.717) is 13.1 Å². The van der Waals surface area contributed by atoms with Gasteiger partial charge in [0.2, 0.25) is 11.8 Å². The van der Waals surface area contributed by atoms with Gasteiger partial charge in [0.05, 0.1) is 12.1 Å². The van der Waals surface area contributed by atoms with Crippen molar-refractivity contribution in [3.05, 3.63) is 0 Å². The zero-order chi connectivity index (χ0) is 14.6. The van der Waals surface area contributed by atoms with Crippen LogP contribution in [0.5, 0.6) is 0 Å². The second kappa shape index (κ2) is 6.57. The van der Waals surface area contributed by atoms with Crippen LogP contribution in [0, 0.1) is 5.92 Å². The fourth-order valence-electron chi connectivity index (χ4n) is 3.37. The van der Waals surface area contributed by atoms with Crippen molar-refractivity contribution in [1.29, 1.82) is 0 Å². The molecule has 0 unspecified atom stereocenters. The van der Waals surface area contributed by atoms with Crippen molar-refractivity contribution in [2.24, 2.45) is 5.92 Å². The molecule has 0 atom stereocenters. The van der Waals surface area contributed by atoms with E-state index in [9.17, 15) is 14.7 Å². The number of nitrogens with one attached hydrogen (secondary N) is 1. The predicted molar refractivity (Wildman–Crippen MR) is 76.0 cm³/mol. The van der Waals surface area contributed by atoms with Crippen LogP contribution in [0.25, 0.3) is 0 Å². The van der Waals surface area contributed by atoms with Crippen molar-refractivity contribution in [2.45, 2.75) is 57.4 Å². The average Bonchev–Trinajstić information content (AvgIpc) is 2.48. The van der Waals surface area contributed by atoms with Crippen LogP contribution >= 0.6 is 0 Å². The Bertz CT molecular complexity index is 356. The van der Waals surface area contributed by atoms with E-state index in [2.05, 4.69) is 5.32 Å². The Labute approximate surface area is 120 Å². The number of aliphatic hydroxyl groups excluding tert-OH is 1. The van der Waals surface area contributed by atoms with Gasteiger partial charge in [-0.15, -0.1) is 0 Å². The summed E-state index contributed by atoms with van der Waals surface area (Å²) >= 11 is 0. The Balaban J connectivity index is 1.87. The molecule has 0 aromatic rings. The molecule has 1 saturated carbocycles. The molecule has 2 N–H and O–H groups in total. The Morgan fingerprint density at radius 3 is 2.30 bits per heavy atom. The van der Waals surface area contributed by atoms with E-state index in [0.717, 1.165) is 38.5 Å². The molecule has 2 amide bonds. The van der Waals surface area contributed by atoms with Crippen molar-refractivity contribution in [1.82, 2.24) is 10.2 Å². The molecule has 1 aliphatic heterocycles. The molecule has 1 saturated heterocycles. The number of rotatable bonds is 3. The number of carbonyl (C=O) groups excluding carboxylic acids is 2. The molecule has 20 heavy (non-hydrogen) atoms. The smallest absolute Gasteiger partial charge is 0.223 e. The summed E-state index contributed by atoms with van der Waals surface area (Å²) in [6.07, 6.45) is 6.55. The first-order valence-corrected chi connectivity index (χ1v) is 7.75. The lowest BCUT2D eigenvalue weighted by Gasteiger charge is -2.39. The third-order valence-corrected chi connectivity index (χ3v) is 4.81. The van der Waals surface area contributed by atoms with Crippen molar-refractivity contribution < 1.29 is 14.7 Å². The molecule has 2 rings (SSSR count). The van der Waals surface area contributed by atoms with Crippen LogP contribution in [0.3, 0.4) is 0 Å². The molecule has 0 radical (unpaired) electrons. The summed E-state index contributed by atoms with van der Waals surface area (Å²) in [6.45, 7) is 2.94. The summed E-state index contributed by atoms with van der Waals surface area (Å²) in [5.41, 5.74) is -0.396. The van der Waals surface area contributed by atoms with Crippen LogP contribution in [0.1, 0.15) is 51.9 Å². The molecule has 5 nitrogen and oxygen atoms in total. The van der Waals surface area contributed by atoms with Gasteiger partial charge in [0, 0.05) is 25.9 Å². The molecular formula is C15H26N2O3. The van der Waals surface area contributed by atoms with Crippen LogP contribution in [-0.2, 0) is 9.59 Å². The van der Waals surface area contributed by atoms with Crippen molar-refractivity contribution in [3.8, 4) is 0 Å². The second-order valence-corrected chi connectivity index (χ2v) is 6.27. The van der Waals surface area contributed by atoms with Gasteiger partial charge in [-0.2, -0.15) is 0 Å². The minimum Gasteiger partial charge on any atom is -0.394 e. The van der Waals surface area contributed by atoms with Gasteiger partial charge >= 0.3 is 0 Å². The van der Waals surface area contributed by atoms with E-state index in [1.165, 1.54) is 6.42 Å². The molecule has 0 bridgehead atoms. The molecule has 1 heterocycles. The van der Waals surface area contributed by atoms with Crippen molar-refractivity contribution in [3.63, 3.8) is 0 Å². The highest BCUT2D eigenvalue weighted by Gasteiger charge is 2.35. The summed E-state index contributed by atoms with van der Waals surface area (Å²) < 4.78 is 0. The minimum absolute atomic E-state index is 0.0176. The lowest BCUT2D eigenvalue weighted by molar-refractivity contribution is -0.135. The zero-order valence-corrected chi connectivity index (χ0v) is 12.4. The van der Waals surface area contributed by atoms with Crippen LogP contribution in [0.4, 0.5) is 0 Å². The number of likely N-dealkylation sites (tertiary alicyclic amines) is 1. The van der Waals surface area contributed by atoms with Gasteiger partial charge in [-0.1, -0.05) is 19.3 Å². The Hall–Kier alpha value is -1.10. The lowest BCUT2D eigenvalue weighted by Crippen LogP contribution is -2.55. The topological polar surface area (TPSA) is 69.6 Å². The Kier molecular flexibility index (Phi) is 5.02. The van der Waals surface area contributed by atoms with Crippen molar-refractivity contribution in [2.75, 3.05) is 19.7 Å². The van der Waals surface area contributed by atoms with Crippen LogP contribution in [0.2, 0.25) is 0 Å². The standard InChI is InChI=1S/C15H26N2O3/c1-12(19)17-9-5-13(6-10-17)14(20)16-15(11-18)7-3-2-4-8-15/h13,18H,2-11H2,1H3,(H,16,20). The molecule has 5 heteroatoms. The van der Waals surface area contributed by atoms with Gasteiger partial charge < -0.3 is 15.3 Å². The summed E-state index contributed by atoms with van der Waals surface area (Å²) in [4.78, 5) is 25.5. The summed E-state index contributed by atoms with van der Waals surface area (Å²) in [5, 5.41) is 12.7. The van der Waals surface area contributed by atoms with Gasteiger partial charge in [-0.05, 0) is 25.7 Å². The van der Waals surface area contributed by atoms with E-state index in [-0.39, 0.29) is 24.3 Å². The maximum absolute atomic E-state index is 12.4. The monoisotopic (exact) mass is 282 g/mol. The lowest BCUT2D eigenvalue weighted by atomic mass is 9.81. The number of hydrogen-bond donors (Lipinski definition) is 2. The fraction of sp³-hybridized carbons (Fsp3) is 0.867. The fourth-order valence-corrected chi connectivity index (χ4v) is 3.37. The minimum atomic E-state index is -0.396. The molecule has 0 spiro atoms. The third-order valence-electron chi connectivity index (χ3n) is 4.81. The highest BCUT2D eigenvalue weighted by atomic mass is 16.3. The van der Waals surface area contributed by atoms with E-state index < -0.39 is 5.54 Å². The maximum atomic E-state index is 12.4. The molecular weight excluding hydrogens is 256 g/mol. The molecule has 0 aromatic carbocycles. The van der Waals surface area contributed by atoms with Gasteiger partial charge in [0.15, 0.2) is 0 Å². The van der Waals surface area contributed by atoms with E-state index in [4.69, 9.17) is 0 Å². The Morgan fingerprint density at radius 1 is 1.20 bits per heavy atom. The van der Waals surface area contributed by atoms with Crippen LogP contribution in [0.15, 0.2) is 0 Å². The molecule has 1 aliphatic carbocycles. The maximum Gasteiger partial charge on any atom is 0.223 e. The van der Waals surface area contributed by atoms with Crippen molar-refractivity contribution >= 4 is 11.8 Å². The largest absolute Gasteiger partial charge is 0.394 e. The number of carbonyl (C=O) groups is 2. The predicted octanol–water partition coefficient (Wildman–Crippen LogP) is 1.06. The van der Waals surface area contributed by atoms with Gasteiger partial charge in [-0.25, -0.2) is 0 Å². The number of aliphatic hydroxyl groups is 1. The zero-order valence-electron chi connectivity index (χ0n) is 12.4. The molecule has 0 aromatic heterocycles. The SMILES string of the molecule is CC(=O)N1CCC(C(=O)NC2(CO)CCCCC2)CC1. The number of hydrogen-bond acceptors (Lipinski definition) is 3. The average molecular weight is 282 g/mol.